The van der Waals surface area contributed by atoms with E-state index in [9.17, 15) is 9.59 Å². The summed E-state index contributed by atoms with van der Waals surface area (Å²) in [7, 11) is 0. The SMILES string of the molecule is CC(=O)N1Cc2ccc(C(=O)NO)cc2OCC1c1ccccc1. The van der Waals surface area contributed by atoms with Gasteiger partial charge in [-0.05, 0) is 17.7 Å². The van der Waals surface area contributed by atoms with Crippen LogP contribution in [0.5, 0.6) is 5.75 Å². The summed E-state index contributed by atoms with van der Waals surface area (Å²) in [6.45, 7) is 2.22. The van der Waals surface area contributed by atoms with Crippen LogP contribution in [0.1, 0.15) is 34.5 Å². The standard InChI is InChI=1S/C18H18N2O4/c1-12(21)20-10-15-8-7-14(18(22)19-23)9-17(15)24-11-16(20)13-5-3-2-4-6-13/h2-9,16,23H,10-11H2,1H3,(H,19,22). The molecule has 1 aliphatic rings. The molecule has 2 aromatic rings. The van der Waals surface area contributed by atoms with Crippen LogP contribution in [0.4, 0.5) is 0 Å². The van der Waals surface area contributed by atoms with Crippen molar-refractivity contribution in [1.82, 2.24) is 10.4 Å². The molecule has 1 aliphatic heterocycles. The monoisotopic (exact) mass is 326 g/mol. The zero-order valence-corrected chi connectivity index (χ0v) is 13.2. The molecule has 2 N–H and O–H groups in total. The first-order valence-corrected chi connectivity index (χ1v) is 7.62. The molecule has 1 atom stereocenters. The van der Waals surface area contributed by atoms with E-state index < -0.39 is 5.91 Å². The predicted octanol–water partition coefficient (Wildman–Crippen LogP) is 2.29. The predicted molar refractivity (Wildman–Crippen MR) is 86.6 cm³/mol. The van der Waals surface area contributed by atoms with E-state index >= 15 is 0 Å². The fourth-order valence-corrected chi connectivity index (χ4v) is 2.86. The molecule has 0 saturated heterocycles. The number of hydrogen-bond donors (Lipinski definition) is 2. The number of carbonyl (C=O) groups excluding carboxylic acids is 2. The van der Waals surface area contributed by atoms with Gasteiger partial charge in [0.1, 0.15) is 12.4 Å². The molecule has 1 unspecified atom stereocenters. The summed E-state index contributed by atoms with van der Waals surface area (Å²) in [5.41, 5.74) is 3.71. The Morgan fingerprint density at radius 3 is 2.62 bits per heavy atom. The first-order chi connectivity index (χ1) is 11.6. The highest BCUT2D eigenvalue weighted by molar-refractivity contribution is 5.93. The Hall–Kier alpha value is -2.86. The molecule has 6 heteroatoms. The van der Waals surface area contributed by atoms with Gasteiger partial charge in [-0.1, -0.05) is 36.4 Å². The lowest BCUT2D eigenvalue weighted by molar-refractivity contribution is -0.132. The quantitative estimate of drug-likeness (QED) is 0.655. The molecule has 3 rings (SSSR count). The Labute approximate surface area is 139 Å². The first kappa shape index (κ1) is 16.0. The van der Waals surface area contributed by atoms with E-state index in [2.05, 4.69) is 0 Å². The van der Waals surface area contributed by atoms with E-state index in [4.69, 9.17) is 9.94 Å². The number of rotatable bonds is 2. The minimum absolute atomic E-state index is 0.0440. The summed E-state index contributed by atoms with van der Waals surface area (Å²) in [6, 6.07) is 14.4. The minimum atomic E-state index is -0.603. The van der Waals surface area contributed by atoms with E-state index in [-0.39, 0.29) is 11.9 Å². The van der Waals surface area contributed by atoms with Gasteiger partial charge in [-0.25, -0.2) is 5.48 Å². The van der Waals surface area contributed by atoms with Crippen molar-refractivity contribution in [3.63, 3.8) is 0 Å². The summed E-state index contributed by atoms with van der Waals surface area (Å²) in [4.78, 5) is 25.5. The van der Waals surface area contributed by atoms with Crippen LogP contribution in [0.2, 0.25) is 0 Å². The van der Waals surface area contributed by atoms with Crippen LogP contribution in [-0.2, 0) is 11.3 Å². The topological polar surface area (TPSA) is 78.9 Å². The van der Waals surface area contributed by atoms with Gasteiger partial charge >= 0.3 is 0 Å². The van der Waals surface area contributed by atoms with Crippen molar-refractivity contribution in [3.8, 4) is 5.75 Å². The highest BCUT2D eigenvalue weighted by Gasteiger charge is 2.28. The fourth-order valence-electron chi connectivity index (χ4n) is 2.86. The molecule has 2 aromatic carbocycles. The van der Waals surface area contributed by atoms with Crippen molar-refractivity contribution in [2.24, 2.45) is 0 Å². The molecule has 0 fully saturated rings. The van der Waals surface area contributed by atoms with Gasteiger partial charge in [0, 0.05) is 18.1 Å². The number of nitrogens with one attached hydrogen (secondary N) is 1. The molecule has 0 radical (unpaired) electrons. The Bertz CT molecular complexity index is 761. The van der Waals surface area contributed by atoms with Crippen LogP contribution >= 0.6 is 0 Å². The highest BCUT2D eigenvalue weighted by atomic mass is 16.5. The number of carbonyl (C=O) groups is 2. The molecule has 2 amide bonds. The molecular formula is C18H18N2O4. The highest BCUT2D eigenvalue weighted by Crippen LogP contribution is 2.32. The summed E-state index contributed by atoms with van der Waals surface area (Å²) in [5.74, 6) is -0.105. The maximum Gasteiger partial charge on any atom is 0.274 e. The number of hydroxylamine groups is 1. The zero-order chi connectivity index (χ0) is 17.1. The van der Waals surface area contributed by atoms with Gasteiger partial charge in [-0.3, -0.25) is 14.8 Å². The third kappa shape index (κ3) is 3.09. The second-order valence-electron chi connectivity index (χ2n) is 5.65. The molecule has 0 bridgehead atoms. The Morgan fingerprint density at radius 2 is 1.96 bits per heavy atom. The van der Waals surface area contributed by atoms with Crippen LogP contribution in [0.15, 0.2) is 48.5 Å². The largest absolute Gasteiger partial charge is 0.491 e. The average molecular weight is 326 g/mol. The maximum absolute atomic E-state index is 12.1. The molecule has 24 heavy (non-hydrogen) atoms. The lowest BCUT2D eigenvalue weighted by Gasteiger charge is -2.28. The van der Waals surface area contributed by atoms with E-state index in [0.29, 0.717) is 24.5 Å². The van der Waals surface area contributed by atoms with Gasteiger partial charge < -0.3 is 9.64 Å². The summed E-state index contributed by atoms with van der Waals surface area (Å²) in [5, 5.41) is 8.76. The van der Waals surface area contributed by atoms with Gasteiger partial charge in [0.15, 0.2) is 0 Å². The summed E-state index contributed by atoms with van der Waals surface area (Å²) in [6.07, 6.45) is 0. The fraction of sp³-hybridized carbons (Fsp3) is 0.222. The number of benzene rings is 2. The second-order valence-corrected chi connectivity index (χ2v) is 5.65. The van der Waals surface area contributed by atoms with Crippen LogP contribution in [0, 0.1) is 0 Å². The van der Waals surface area contributed by atoms with Crippen LogP contribution in [-0.4, -0.2) is 28.5 Å². The third-order valence-corrected chi connectivity index (χ3v) is 4.13. The number of ether oxygens (including phenoxy) is 1. The average Bonchev–Trinajstić information content (AvgIpc) is 2.81. The number of fused-ring (bicyclic) bond motifs is 1. The summed E-state index contributed by atoms with van der Waals surface area (Å²) >= 11 is 0. The maximum atomic E-state index is 12.1. The van der Waals surface area contributed by atoms with Crippen molar-refractivity contribution in [2.75, 3.05) is 6.61 Å². The molecule has 0 aliphatic carbocycles. The van der Waals surface area contributed by atoms with E-state index in [1.165, 1.54) is 6.92 Å². The Morgan fingerprint density at radius 1 is 1.21 bits per heavy atom. The van der Waals surface area contributed by atoms with Crippen LogP contribution in [0.3, 0.4) is 0 Å². The van der Waals surface area contributed by atoms with E-state index in [0.717, 1.165) is 11.1 Å². The van der Waals surface area contributed by atoms with Crippen molar-refractivity contribution in [2.45, 2.75) is 19.5 Å². The van der Waals surface area contributed by atoms with E-state index in [1.54, 1.807) is 28.6 Å². The second kappa shape index (κ2) is 6.72. The van der Waals surface area contributed by atoms with E-state index in [1.807, 2.05) is 30.3 Å². The van der Waals surface area contributed by atoms with Crippen molar-refractivity contribution >= 4 is 11.8 Å². The van der Waals surface area contributed by atoms with Gasteiger partial charge in [-0.15, -0.1) is 0 Å². The molecular weight excluding hydrogens is 308 g/mol. The molecule has 0 saturated carbocycles. The number of nitrogens with zero attached hydrogens (tertiary/aromatic N) is 1. The lowest BCUT2D eigenvalue weighted by atomic mass is 10.1. The molecule has 124 valence electrons. The first-order valence-electron chi connectivity index (χ1n) is 7.62. The Balaban J connectivity index is 1.96. The molecule has 0 aromatic heterocycles. The van der Waals surface area contributed by atoms with Gasteiger partial charge in [-0.2, -0.15) is 0 Å². The van der Waals surface area contributed by atoms with Crippen LogP contribution in [0.25, 0.3) is 0 Å². The zero-order valence-electron chi connectivity index (χ0n) is 13.2. The number of amides is 2. The van der Waals surface area contributed by atoms with Crippen molar-refractivity contribution in [3.05, 3.63) is 65.2 Å². The van der Waals surface area contributed by atoms with Crippen LogP contribution < -0.4 is 10.2 Å². The number of hydrogen-bond acceptors (Lipinski definition) is 4. The molecule has 1 heterocycles. The van der Waals surface area contributed by atoms with Gasteiger partial charge in [0.05, 0.1) is 12.6 Å². The van der Waals surface area contributed by atoms with Gasteiger partial charge in [0.25, 0.3) is 5.91 Å². The van der Waals surface area contributed by atoms with Crippen molar-refractivity contribution in [1.29, 1.82) is 0 Å². The smallest absolute Gasteiger partial charge is 0.274 e. The summed E-state index contributed by atoms with van der Waals surface area (Å²) < 4.78 is 5.88. The third-order valence-electron chi connectivity index (χ3n) is 4.13. The Kier molecular flexibility index (Phi) is 4.48. The van der Waals surface area contributed by atoms with Crippen molar-refractivity contribution < 1.29 is 19.5 Å². The molecule has 6 nitrogen and oxygen atoms in total. The van der Waals surface area contributed by atoms with Gasteiger partial charge in [0.2, 0.25) is 5.91 Å². The molecule has 0 spiro atoms. The normalized spacial score (nSPS) is 16.6. The lowest BCUT2D eigenvalue weighted by Crippen LogP contribution is -2.34. The minimum Gasteiger partial charge on any atom is -0.491 e.